The molecule has 0 saturated heterocycles. The van der Waals surface area contributed by atoms with Crippen molar-refractivity contribution in [1.82, 2.24) is 10.2 Å². The van der Waals surface area contributed by atoms with E-state index in [1.165, 1.54) is 4.31 Å². The molecule has 3 aromatic rings. The van der Waals surface area contributed by atoms with Crippen molar-refractivity contribution in [3.8, 4) is 0 Å². The van der Waals surface area contributed by atoms with Crippen LogP contribution in [-0.2, 0) is 32.6 Å². The molecule has 7 nitrogen and oxygen atoms in total. The highest BCUT2D eigenvalue weighted by molar-refractivity contribution is 7.92. The molecular formula is C31H38ClN3O4S. The fourth-order valence-electron chi connectivity index (χ4n) is 4.56. The quantitative estimate of drug-likeness (QED) is 0.293. The summed E-state index contributed by atoms with van der Waals surface area (Å²) >= 11 is 6.26. The Morgan fingerprint density at radius 2 is 1.50 bits per heavy atom. The second-order valence-corrected chi connectivity index (χ2v) is 12.5. The Morgan fingerprint density at radius 3 is 2.08 bits per heavy atom. The molecule has 0 fully saturated rings. The lowest BCUT2D eigenvalue weighted by molar-refractivity contribution is -0.141. The molecule has 0 spiro atoms. The van der Waals surface area contributed by atoms with Gasteiger partial charge in [-0.1, -0.05) is 78.3 Å². The molecule has 40 heavy (non-hydrogen) atoms. The molecule has 0 bridgehead atoms. The van der Waals surface area contributed by atoms with Gasteiger partial charge in [-0.3, -0.25) is 13.9 Å². The maximum atomic E-state index is 13.8. The summed E-state index contributed by atoms with van der Waals surface area (Å²) in [6.07, 6.45) is 1.84. The van der Waals surface area contributed by atoms with Crippen LogP contribution < -0.4 is 9.62 Å². The first-order valence-corrected chi connectivity index (χ1v) is 15.6. The average molecular weight is 584 g/mol. The molecule has 3 rings (SSSR count). The summed E-state index contributed by atoms with van der Waals surface area (Å²) in [5, 5.41) is 3.45. The van der Waals surface area contributed by atoms with Gasteiger partial charge in [0.2, 0.25) is 21.8 Å². The number of nitrogens with zero attached hydrogens (tertiary/aromatic N) is 2. The van der Waals surface area contributed by atoms with Crippen molar-refractivity contribution in [2.45, 2.75) is 58.7 Å². The summed E-state index contributed by atoms with van der Waals surface area (Å²) < 4.78 is 26.7. The largest absolute Gasteiger partial charge is 0.352 e. The summed E-state index contributed by atoms with van der Waals surface area (Å²) in [7, 11) is -3.62. The topological polar surface area (TPSA) is 86.8 Å². The number of anilines is 1. The number of nitrogens with one attached hydrogen (secondary N) is 1. The Kier molecular flexibility index (Phi) is 11.2. The smallest absolute Gasteiger partial charge is 0.243 e. The molecule has 0 saturated carbocycles. The van der Waals surface area contributed by atoms with Crippen LogP contribution in [0.1, 0.15) is 43.4 Å². The van der Waals surface area contributed by atoms with Crippen LogP contribution in [0.25, 0.3) is 0 Å². The first-order valence-electron chi connectivity index (χ1n) is 13.4. The predicted octanol–water partition coefficient (Wildman–Crippen LogP) is 5.36. The number of carbonyl (C=O) groups excluding carboxylic acids is 2. The maximum absolute atomic E-state index is 13.8. The van der Waals surface area contributed by atoms with Crippen LogP contribution in [-0.4, -0.2) is 50.0 Å². The van der Waals surface area contributed by atoms with Crippen LogP contribution in [0, 0.1) is 6.92 Å². The molecular weight excluding hydrogens is 546 g/mol. The van der Waals surface area contributed by atoms with Gasteiger partial charge in [0, 0.05) is 37.0 Å². The van der Waals surface area contributed by atoms with Gasteiger partial charge in [-0.05, 0) is 56.0 Å². The Morgan fingerprint density at radius 1 is 0.900 bits per heavy atom. The molecule has 1 atom stereocenters. The van der Waals surface area contributed by atoms with E-state index >= 15 is 0 Å². The van der Waals surface area contributed by atoms with Crippen LogP contribution in [0.4, 0.5) is 5.69 Å². The number of sulfonamides is 1. The fourth-order valence-corrected chi connectivity index (χ4v) is 5.75. The van der Waals surface area contributed by atoms with Gasteiger partial charge in [0.25, 0.3) is 0 Å². The van der Waals surface area contributed by atoms with Gasteiger partial charge in [0.05, 0.1) is 11.9 Å². The number of hydrogen-bond donors (Lipinski definition) is 1. The molecule has 0 unspecified atom stereocenters. The van der Waals surface area contributed by atoms with Gasteiger partial charge in [-0.15, -0.1) is 0 Å². The van der Waals surface area contributed by atoms with Gasteiger partial charge in [0.15, 0.2) is 0 Å². The van der Waals surface area contributed by atoms with Crippen molar-refractivity contribution >= 4 is 39.1 Å². The first-order chi connectivity index (χ1) is 19.0. The highest BCUT2D eigenvalue weighted by atomic mass is 35.5. The van der Waals surface area contributed by atoms with Crippen molar-refractivity contribution in [3.05, 3.63) is 101 Å². The van der Waals surface area contributed by atoms with Gasteiger partial charge in [0.1, 0.15) is 6.04 Å². The van der Waals surface area contributed by atoms with Crippen molar-refractivity contribution in [3.63, 3.8) is 0 Å². The highest BCUT2D eigenvalue weighted by Crippen LogP contribution is 2.28. The SMILES string of the molecule is Cc1c(Cl)cccc1N(CCCC(=O)N(Cc1ccccc1)[C@H](Cc1ccccc1)C(=O)NC(C)C)S(C)(=O)=O. The van der Waals surface area contributed by atoms with E-state index in [-0.39, 0.29) is 43.8 Å². The van der Waals surface area contributed by atoms with E-state index in [1.54, 1.807) is 30.0 Å². The third-order valence-electron chi connectivity index (χ3n) is 6.56. The van der Waals surface area contributed by atoms with Crippen LogP contribution in [0.15, 0.2) is 78.9 Å². The molecule has 0 aliphatic heterocycles. The summed E-state index contributed by atoms with van der Waals surface area (Å²) in [6.45, 7) is 5.90. The van der Waals surface area contributed by atoms with Crippen LogP contribution in [0.5, 0.6) is 0 Å². The molecule has 0 heterocycles. The number of hydrogen-bond acceptors (Lipinski definition) is 4. The van der Waals surface area contributed by atoms with E-state index in [9.17, 15) is 18.0 Å². The van der Waals surface area contributed by atoms with Crippen LogP contribution in [0.3, 0.4) is 0 Å². The summed E-state index contributed by atoms with van der Waals surface area (Å²) in [5.74, 6) is -0.449. The van der Waals surface area contributed by atoms with Crippen molar-refractivity contribution < 1.29 is 18.0 Å². The molecule has 1 N–H and O–H groups in total. The van der Waals surface area contributed by atoms with Crippen molar-refractivity contribution in [2.24, 2.45) is 0 Å². The zero-order chi connectivity index (χ0) is 29.3. The van der Waals surface area contributed by atoms with Crippen molar-refractivity contribution in [1.29, 1.82) is 0 Å². The molecule has 0 aliphatic carbocycles. The molecule has 2 amide bonds. The van der Waals surface area contributed by atoms with E-state index in [1.807, 2.05) is 74.5 Å². The lowest BCUT2D eigenvalue weighted by atomic mass is 10.0. The van der Waals surface area contributed by atoms with Gasteiger partial charge < -0.3 is 10.2 Å². The van der Waals surface area contributed by atoms with E-state index < -0.39 is 16.1 Å². The molecule has 0 aliphatic rings. The molecule has 9 heteroatoms. The normalized spacial score (nSPS) is 12.2. The third-order valence-corrected chi connectivity index (χ3v) is 8.15. The van der Waals surface area contributed by atoms with E-state index in [4.69, 9.17) is 11.6 Å². The number of amides is 2. The monoisotopic (exact) mass is 583 g/mol. The summed E-state index contributed by atoms with van der Waals surface area (Å²) in [4.78, 5) is 28.9. The summed E-state index contributed by atoms with van der Waals surface area (Å²) in [5.41, 5.74) is 2.98. The minimum absolute atomic E-state index is 0.0682. The lowest BCUT2D eigenvalue weighted by Gasteiger charge is -2.32. The van der Waals surface area contributed by atoms with Crippen LogP contribution in [0.2, 0.25) is 5.02 Å². The van der Waals surface area contributed by atoms with Crippen molar-refractivity contribution in [2.75, 3.05) is 17.1 Å². The standard InChI is InChI=1S/C31H38ClN3O4S/c1-23(2)33-31(37)29(21-25-13-7-5-8-14-25)34(22-26-15-9-6-10-16-26)30(36)19-12-20-35(40(4,38)39)28-18-11-17-27(32)24(28)3/h5-11,13-18,23,29H,12,19-22H2,1-4H3,(H,33,37)/t29-/m1/s1. The first kappa shape index (κ1) is 31.2. The van der Waals surface area contributed by atoms with E-state index in [2.05, 4.69) is 5.32 Å². The number of rotatable bonds is 13. The fraction of sp³-hybridized carbons (Fsp3) is 0.355. The van der Waals surface area contributed by atoms with E-state index in [0.717, 1.165) is 17.4 Å². The molecule has 0 radical (unpaired) electrons. The zero-order valence-corrected chi connectivity index (χ0v) is 25.1. The zero-order valence-electron chi connectivity index (χ0n) is 23.5. The van der Waals surface area contributed by atoms with Gasteiger partial charge >= 0.3 is 0 Å². The maximum Gasteiger partial charge on any atom is 0.243 e. The summed E-state index contributed by atoms with van der Waals surface area (Å²) in [6, 6.07) is 23.5. The highest BCUT2D eigenvalue weighted by Gasteiger charge is 2.31. The predicted molar refractivity (Wildman–Crippen MR) is 162 cm³/mol. The Balaban J connectivity index is 1.88. The Bertz CT molecular complexity index is 1380. The molecule has 214 valence electrons. The second kappa shape index (κ2) is 14.3. The van der Waals surface area contributed by atoms with Crippen LogP contribution >= 0.6 is 11.6 Å². The number of halogens is 1. The average Bonchev–Trinajstić information content (AvgIpc) is 2.90. The number of carbonyl (C=O) groups is 2. The minimum atomic E-state index is -3.62. The van der Waals surface area contributed by atoms with E-state index in [0.29, 0.717) is 22.7 Å². The number of benzene rings is 3. The Hall–Kier alpha value is -3.36. The second-order valence-electron chi connectivity index (χ2n) is 10.2. The van der Waals surface area contributed by atoms with Gasteiger partial charge in [-0.2, -0.15) is 0 Å². The molecule has 0 aromatic heterocycles. The Labute approximate surface area is 243 Å². The third kappa shape index (κ3) is 8.83. The molecule has 3 aromatic carbocycles. The van der Waals surface area contributed by atoms with Gasteiger partial charge in [-0.25, -0.2) is 8.42 Å². The minimum Gasteiger partial charge on any atom is -0.352 e. The lowest BCUT2D eigenvalue weighted by Crippen LogP contribution is -2.51.